The standard InChI is InChI=1S/C9H8ClN3O2/c1-13-3-5-6(12-13)2-4(9(14)15)8(11)7(5)10/h2-3H,11H2,1H3,(H,14,15). The summed E-state index contributed by atoms with van der Waals surface area (Å²) in [5, 5.41) is 13.8. The van der Waals surface area contributed by atoms with Gasteiger partial charge in [0, 0.05) is 18.6 Å². The zero-order valence-corrected chi connectivity index (χ0v) is 8.62. The Kier molecular flexibility index (Phi) is 2.04. The Morgan fingerprint density at radius 2 is 2.33 bits per heavy atom. The van der Waals surface area contributed by atoms with Crippen molar-refractivity contribution < 1.29 is 9.90 Å². The van der Waals surface area contributed by atoms with Gasteiger partial charge in [0.25, 0.3) is 0 Å². The number of halogens is 1. The van der Waals surface area contributed by atoms with Crippen molar-refractivity contribution in [2.24, 2.45) is 7.05 Å². The Labute approximate surface area is 90.0 Å². The number of carbonyl (C=O) groups is 1. The molecule has 1 aromatic carbocycles. The molecule has 0 amide bonds. The minimum Gasteiger partial charge on any atom is -0.478 e. The average Bonchev–Trinajstić information content (AvgIpc) is 2.52. The van der Waals surface area contributed by atoms with Gasteiger partial charge in [-0.1, -0.05) is 11.6 Å². The van der Waals surface area contributed by atoms with E-state index >= 15 is 0 Å². The zero-order chi connectivity index (χ0) is 11.2. The molecule has 1 aromatic heterocycles. The van der Waals surface area contributed by atoms with Gasteiger partial charge in [-0.15, -0.1) is 0 Å². The van der Waals surface area contributed by atoms with Crippen LogP contribution >= 0.6 is 11.6 Å². The third kappa shape index (κ3) is 1.41. The number of fused-ring (bicyclic) bond motifs is 1. The number of nitrogens with zero attached hydrogens (tertiary/aromatic N) is 2. The number of aryl methyl sites for hydroxylation is 1. The van der Waals surface area contributed by atoms with Crippen LogP contribution in [0.2, 0.25) is 5.02 Å². The van der Waals surface area contributed by atoms with E-state index in [0.717, 1.165) is 0 Å². The maximum absolute atomic E-state index is 10.9. The lowest BCUT2D eigenvalue weighted by Crippen LogP contribution is -2.02. The summed E-state index contributed by atoms with van der Waals surface area (Å²) in [5.41, 5.74) is 6.18. The van der Waals surface area contributed by atoms with Gasteiger partial charge in [0.2, 0.25) is 0 Å². The van der Waals surface area contributed by atoms with E-state index in [4.69, 9.17) is 22.4 Å². The third-order valence-electron chi connectivity index (χ3n) is 2.13. The fourth-order valence-corrected chi connectivity index (χ4v) is 1.68. The average molecular weight is 226 g/mol. The Morgan fingerprint density at radius 1 is 1.67 bits per heavy atom. The fraction of sp³-hybridized carbons (Fsp3) is 0.111. The van der Waals surface area contributed by atoms with Crippen molar-refractivity contribution in [1.29, 1.82) is 0 Å². The van der Waals surface area contributed by atoms with E-state index in [1.165, 1.54) is 6.07 Å². The van der Waals surface area contributed by atoms with E-state index in [9.17, 15) is 4.79 Å². The number of nitrogens with two attached hydrogens (primary N) is 1. The molecule has 3 N–H and O–H groups in total. The minimum absolute atomic E-state index is 0.0220. The van der Waals surface area contributed by atoms with Crippen molar-refractivity contribution >= 4 is 34.2 Å². The largest absolute Gasteiger partial charge is 0.478 e. The van der Waals surface area contributed by atoms with Crippen LogP contribution in [0.5, 0.6) is 0 Å². The van der Waals surface area contributed by atoms with Crippen LogP contribution in [0, 0.1) is 0 Å². The third-order valence-corrected chi connectivity index (χ3v) is 2.54. The van der Waals surface area contributed by atoms with Gasteiger partial charge in [0.05, 0.1) is 21.8 Å². The van der Waals surface area contributed by atoms with Gasteiger partial charge in [-0.2, -0.15) is 5.10 Å². The molecule has 2 aromatic rings. The molecule has 0 aliphatic rings. The van der Waals surface area contributed by atoms with Crippen molar-refractivity contribution in [3.8, 4) is 0 Å². The number of anilines is 1. The Hall–Kier alpha value is -1.75. The van der Waals surface area contributed by atoms with Crippen LogP contribution in [0.3, 0.4) is 0 Å². The van der Waals surface area contributed by atoms with Crippen molar-refractivity contribution in [3.05, 3.63) is 22.8 Å². The van der Waals surface area contributed by atoms with Crippen molar-refractivity contribution in [3.63, 3.8) is 0 Å². The highest BCUT2D eigenvalue weighted by molar-refractivity contribution is 6.38. The molecule has 0 saturated heterocycles. The molecule has 0 aliphatic carbocycles. The number of rotatable bonds is 1. The summed E-state index contributed by atoms with van der Waals surface area (Å²) in [4.78, 5) is 10.9. The molecule has 1 heterocycles. The normalized spacial score (nSPS) is 10.8. The van der Waals surface area contributed by atoms with E-state index in [0.29, 0.717) is 10.9 Å². The number of aromatic nitrogens is 2. The lowest BCUT2D eigenvalue weighted by atomic mass is 10.1. The minimum atomic E-state index is -1.11. The molecular formula is C9H8ClN3O2. The molecule has 5 nitrogen and oxygen atoms in total. The first kappa shape index (κ1) is 9.79. The van der Waals surface area contributed by atoms with Gasteiger partial charge in [-0.25, -0.2) is 4.79 Å². The van der Waals surface area contributed by atoms with E-state index in [2.05, 4.69) is 5.10 Å². The first-order chi connectivity index (χ1) is 7.00. The van der Waals surface area contributed by atoms with Crippen LogP contribution in [0.1, 0.15) is 10.4 Å². The van der Waals surface area contributed by atoms with E-state index in [-0.39, 0.29) is 16.3 Å². The van der Waals surface area contributed by atoms with Crippen molar-refractivity contribution in [2.75, 3.05) is 5.73 Å². The van der Waals surface area contributed by atoms with Crippen LogP contribution in [0.25, 0.3) is 10.9 Å². The van der Waals surface area contributed by atoms with Gasteiger partial charge < -0.3 is 10.8 Å². The molecule has 78 valence electrons. The number of hydrogen-bond donors (Lipinski definition) is 2. The van der Waals surface area contributed by atoms with Crippen molar-refractivity contribution in [1.82, 2.24) is 9.78 Å². The molecule has 15 heavy (non-hydrogen) atoms. The number of nitrogen functional groups attached to an aromatic ring is 1. The van der Waals surface area contributed by atoms with Gasteiger partial charge in [0.1, 0.15) is 0 Å². The van der Waals surface area contributed by atoms with Gasteiger partial charge >= 0.3 is 5.97 Å². The first-order valence-electron chi connectivity index (χ1n) is 4.15. The molecule has 6 heteroatoms. The summed E-state index contributed by atoms with van der Waals surface area (Å²) in [6, 6.07) is 1.42. The number of carboxylic acid groups (broad SMARTS) is 1. The second kappa shape index (κ2) is 3.13. The molecule has 0 unspecified atom stereocenters. The van der Waals surface area contributed by atoms with Crippen molar-refractivity contribution in [2.45, 2.75) is 0 Å². The Balaban J connectivity index is 2.87. The molecule has 0 atom stereocenters. The fourth-order valence-electron chi connectivity index (χ4n) is 1.44. The summed E-state index contributed by atoms with van der Waals surface area (Å²) >= 11 is 5.95. The second-order valence-corrected chi connectivity index (χ2v) is 3.57. The van der Waals surface area contributed by atoms with Gasteiger partial charge in [-0.05, 0) is 6.07 Å². The zero-order valence-electron chi connectivity index (χ0n) is 7.86. The molecule has 0 radical (unpaired) electrons. The predicted octanol–water partition coefficient (Wildman–Crippen LogP) is 1.51. The maximum atomic E-state index is 10.9. The Bertz CT molecular complexity index is 562. The second-order valence-electron chi connectivity index (χ2n) is 3.19. The highest BCUT2D eigenvalue weighted by Crippen LogP contribution is 2.31. The van der Waals surface area contributed by atoms with E-state index < -0.39 is 5.97 Å². The Morgan fingerprint density at radius 3 is 2.93 bits per heavy atom. The molecule has 0 saturated carbocycles. The summed E-state index contributed by atoms with van der Waals surface area (Å²) in [5.74, 6) is -1.11. The van der Waals surface area contributed by atoms with Crippen LogP contribution < -0.4 is 5.73 Å². The quantitative estimate of drug-likeness (QED) is 0.721. The van der Waals surface area contributed by atoms with E-state index in [1.54, 1.807) is 17.9 Å². The van der Waals surface area contributed by atoms with Gasteiger partial charge in [-0.3, -0.25) is 4.68 Å². The summed E-state index contributed by atoms with van der Waals surface area (Å²) in [7, 11) is 1.73. The van der Waals surface area contributed by atoms with Crippen LogP contribution in [0.4, 0.5) is 5.69 Å². The lowest BCUT2D eigenvalue weighted by molar-refractivity contribution is 0.0698. The summed E-state index contributed by atoms with van der Waals surface area (Å²) < 4.78 is 1.56. The maximum Gasteiger partial charge on any atom is 0.337 e. The molecule has 0 aliphatic heterocycles. The molecule has 0 spiro atoms. The summed E-state index contributed by atoms with van der Waals surface area (Å²) in [6.45, 7) is 0. The lowest BCUT2D eigenvalue weighted by Gasteiger charge is -2.03. The SMILES string of the molecule is Cn1cc2c(Cl)c(N)c(C(=O)O)cc2n1. The topological polar surface area (TPSA) is 81.1 Å². The predicted molar refractivity (Wildman–Crippen MR) is 57.1 cm³/mol. The molecule has 2 rings (SSSR count). The monoisotopic (exact) mass is 225 g/mol. The highest BCUT2D eigenvalue weighted by atomic mass is 35.5. The molecule has 0 bridgehead atoms. The van der Waals surface area contributed by atoms with Crippen LogP contribution in [0.15, 0.2) is 12.3 Å². The summed E-state index contributed by atoms with van der Waals surface area (Å²) in [6.07, 6.45) is 1.69. The number of benzene rings is 1. The highest BCUT2D eigenvalue weighted by Gasteiger charge is 2.16. The molecular weight excluding hydrogens is 218 g/mol. The van der Waals surface area contributed by atoms with E-state index in [1.807, 2.05) is 0 Å². The molecule has 0 fully saturated rings. The smallest absolute Gasteiger partial charge is 0.337 e. The first-order valence-corrected chi connectivity index (χ1v) is 4.53. The van der Waals surface area contributed by atoms with Crippen LogP contribution in [-0.4, -0.2) is 20.9 Å². The number of carboxylic acids is 1. The van der Waals surface area contributed by atoms with Gasteiger partial charge in [0.15, 0.2) is 0 Å². The number of hydrogen-bond acceptors (Lipinski definition) is 3. The van der Waals surface area contributed by atoms with Crippen LogP contribution in [-0.2, 0) is 7.05 Å². The number of aromatic carboxylic acids is 1.